The molecule has 0 radical (unpaired) electrons. The van der Waals surface area contributed by atoms with Crippen molar-refractivity contribution in [1.29, 1.82) is 0 Å². The van der Waals surface area contributed by atoms with Crippen LogP contribution in [0.15, 0.2) is 35.7 Å². The molecule has 0 spiro atoms. The zero-order valence-corrected chi connectivity index (χ0v) is 14.5. The second kappa shape index (κ2) is 6.67. The molecule has 7 heteroatoms. The molecule has 2 heterocycles. The monoisotopic (exact) mass is 361 g/mol. The van der Waals surface area contributed by atoms with Gasteiger partial charge in [0.2, 0.25) is 0 Å². The van der Waals surface area contributed by atoms with Crippen LogP contribution in [0.1, 0.15) is 21.2 Å². The van der Waals surface area contributed by atoms with Crippen molar-refractivity contribution >= 4 is 34.7 Å². The van der Waals surface area contributed by atoms with Gasteiger partial charge in [-0.1, -0.05) is 17.7 Å². The number of rotatable bonds is 3. The second-order valence-electron chi connectivity index (χ2n) is 5.22. The van der Waals surface area contributed by atoms with Gasteiger partial charge in [-0.15, -0.1) is 11.3 Å². The first-order valence-electron chi connectivity index (χ1n) is 7.10. The Kier molecular flexibility index (Phi) is 4.59. The van der Waals surface area contributed by atoms with Gasteiger partial charge >= 0.3 is 0 Å². The van der Waals surface area contributed by atoms with Gasteiger partial charge in [0.1, 0.15) is 17.3 Å². The van der Waals surface area contributed by atoms with Gasteiger partial charge in [-0.25, -0.2) is 14.4 Å². The highest BCUT2D eigenvalue weighted by Gasteiger charge is 2.13. The average Bonchev–Trinajstić information content (AvgIpc) is 2.94. The number of hydrogen-bond acceptors (Lipinski definition) is 4. The second-order valence-corrected chi connectivity index (χ2v) is 6.69. The number of pyridine rings is 1. The number of carbonyl (C=O) groups is 1. The lowest BCUT2D eigenvalue weighted by Crippen LogP contribution is -2.14. The fourth-order valence-corrected chi connectivity index (χ4v) is 2.95. The predicted molar refractivity (Wildman–Crippen MR) is 94.2 cm³/mol. The Morgan fingerprint density at radius 3 is 2.62 bits per heavy atom. The van der Waals surface area contributed by atoms with E-state index in [0.717, 1.165) is 10.6 Å². The van der Waals surface area contributed by atoms with Gasteiger partial charge in [0.15, 0.2) is 0 Å². The third kappa shape index (κ3) is 3.60. The number of nitrogens with one attached hydrogen (secondary N) is 1. The third-order valence-electron chi connectivity index (χ3n) is 3.30. The summed E-state index contributed by atoms with van der Waals surface area (Å²) in [5.41, 5.74) is 2.39. The van der Waals surface area contributed by atoms with Crippen LogP contribution in [0.25, 0.3) is 11.1 Å². The molecule has 0 aliphatic rings. The van der Waals surface area contributed by atoms with Crippen molar-refractivity contribution < 1.29 is 9.18 Å². The number of nitrogens with zero attached hydrogens (tertiary/aromatic N) is 2. The van der Waals surface area contributed by atoms with Gasteiger partial charge in [-0.2, -0.15) is 0 Å². The van der Waals surface area contributed by atoms with Gasteiger partial charge in [0.25, 0.3) is 5.91 Å². The number of carbonyl (C=O) groups excluding carboxylic acids is 1. The van der Waals surface area contributed by atoms with Crippen LogP contribution in [0.3, 0.4) is 0 Å². The summed E-state index contributed by atoms with van der Waals surface area (Å²) in [6, 6.07) is 7.89. The summed E-state index contributed by atoms with van der Waals surface area (Å²) < 4.78 is 13.3. The fraction of sp³-hybridized carbons (Fsp3) is 0.118. The van der Waals surface area contributed by atoms with Crippen LogP contribution >= 0.6 is 22.9 Å². The minimum Gasteiger partial charge on any atom is -0.305 e. The van der Waals surface area contributed by atoms with Crippen molar-refractivity contribution in [3.05, 3.63) is 62.9 Å². The molecule has 0 aliphatic carbocycles. The zero-order chi connectivity index (χ0) is 17.3. The minimum absolute atomic E-state index is 0.0333. The fourth-order valence-electron chi connectivity index (χ4n) is 2.23. The number of aryl methyl sites for hydroxylation is 2. The number of hydrogen-bond donors (Lipinski definition) is 1. The summed E-state index contributed by atoms with van der Waals surface area (Å²) >= 11 is 7.29. The van der Waals surface area contributed by atoms with E-state index in [1.807, 2.05) is 13.0 Å². The van der Waals surface area contributed by atoms with Crippen LogP contribution in [-0.2, 0) is 0 Å². The quantitative estimate of drug-likeness (QED) is 0.724. The number of aromatic nitrogens is 2. The SMILES string of the molecule is Cc1cc(-c2ccc(F)c(Cl)c2)cc(C(=O)Nc2csc(C)n2)n1. The molecule has 0 atom stereocenters. The molecular formula is C17H13ClFN3OS. The van der Waals surface area contributed by atoms with Crippen molar-refractivity contribution in [1.82, 2.24) is 9.97 Å². The Bertz CT molecular complexity index is 926. The number of benzene rings is 1. The molecule has 0 fully saturated rings. The maximum Gasteiger partial charge on any atom is 0.275 e. The minimum atomic E-state index is -0.483. The maximum absolute atomic E-state index is 13.3. The van der Waals surface area contributed by atoms with E-state index in [-0.39, 0.29) is 16.6 Å². The first-order valence-corrected chi connectivity index (χ1v) is 8.36. The van der Waals surface area contributed by atoms with Gasteiger partial charge in [0, 0.05) is 11.1 Å². The van der Waals surface area contributed by atoms with E-state index in [1.54, 1.807) is 24.4 Å². The summed E-state index contributed by atoms with van der Waals surface area (Å²) in [5, 5.41) is 5.38. The van der Waals surface area contributed by atoms with E-state index < -0.39 is 5.82 Å². The standard InChI is InChI=1S/C17H13ClFN3OS/c1-9-5-12(11-3-4-14(19)13(18)6-11)7-15(20-9)17(23)22-16-8-24-10(2)21-16/h3-8H,1-2H3,(H,22,23). The first kappa shape index (κ1) is 16.5. The Hall–Kier alpha value is -2.31. The van der Waals surface area contributed by atoms with Crippen molar-refractivity contribution in [2.24, 2.45) is 0 Å². The lowest BCUT2D eigenvalue weighted by Gasteiger charge is -2.08. The Balaban J connectivity index is 1.93. The molecular weight excluding hydrogens is 349 g/mol. The number of amides is 1. The molecule has 0 saturated carbocycles. The van der Waals surface area contributed by atoms with Crippen LogP contribution in [-0.4, -0.2) is 15.9 Å². The molecule has 4 nitrogen and oxygen atoms in total. The van der Waals surface area contributed by atoms with Crippen molar-refractivity contribution in [2.75, 3.05) is 5.32 Å². The van der Waals surface area contributed by atoms with E-state index in [1.165, 1.54) is 23.5 Å². The van der Waals surface area contributed by atoms with Gasteiger partial charge in [-0.3, -0.25) is 4.79 Å². The summed E-state index contributed by atoms with van der Waals surface area (Å²) in [6.07, 6.45) is 0. The summed E-state index contributed by atoms with van der Waals surface area (Å²) in [7, 11) is 0. The predicted octanol–water partition coefficient (Wildman–Crippen LogP) is 4.87. The maximum atomic E-state index is 13.3. The van der Waals surface area contributed by atoms with Gasteiger partial charge in [0.05, 0.1) is 10.0 Å². The molecule has 1 amide bonds. The third-order valence-corrected chi connectivity index (χ3v) is 4.36. The van der Waals surface area contributed by atoms with Crippen LogP contribution < -0.4 is 5.32 Å². The van der Waals surface area contributed by atoms with Gasteiger partial charge < -0.3 is 5.32 Å². The number of anilines is 1. The molecule has 1 N–H and O–H groups in total. The van der Waals surface area contributed by atoms with E-state index in [4.69, 9.17) is 11.6 Å². The van der Waals surface area contributed by atoms with Crippen LogP contribution in [0.5, 0.6) is 0 Å². The molecule has 0 bridgehead atoms. The van der Waals surface area contributed by atoms with E-state index >= 15 is 0 Å². The highest BCUT2D eigenvalue weighted by molar-refractivity contribution is 7.09. The normalized spacial score (nSPS) is 10.7. The van der Waals surface area contributed by atoms with E-state index in [9.17, 15) is 9.18 Å². The van der Waals surface area contributed by atoms with Crippen LogP contribution in [0, 0.1) is 19.7 Å². The smallest absolute Gasteiger partial charge is 0.275 e. The largest absolute Gasteiger partial charge is 0.305 e. The summed E-state index contributed by atoms with van der Waals surface area (Å²) in [5.74, 6) is -0.335. The van der Waals surface area contributed by atoms with Crippen LogP contribution in [0.4, 0.5) is 10.2 Å². The van der Waals surface area contributed by atoms with Crippen LogP contribution in [0.2, 0.25) is 5.02 Å². The summed E-state index contributed by atoms with van der Waals surface area (Å²) in [6.45, 7) is 3.65. The summed E-state index contributed by atoms with van der Waals surface area (Å²) in [4.78, 5) is 20.8. The molecule has 0 saturated heterocycles. The highest BCUT2D eigenvalue weighted by Crippen LogP contribution is 2.26. The Morgan fingerprint density at radius 2 is 1.96 bits per heavy atom. The highest BCUT2D eigenvalue weighted by atomic mass is 35.5. The Morgan fingerprint density at radius 1 is 1.17 bits per heavy atom. The molecule has 122 valence electrons. The van der Waals surface area contributed by atoms with E-state index in [2.05, 4.69) is 15.3 Å². The first-order chi connectivity index (χ1) is 11.4. The lowest BCUT2D eigenvalue weighted by molar-refractivity contribution is 0.102. The van der Waals surface area contributed by atoms with Crippen molar-refractivity contribution in [2.45, 2.75) is 13.8 Å². The van der Waals surface area contributed by atoms with E-state index in [0.29, 0.717) is 17.1 Å². The number of halogens is 2. The molecule has 1 aromatic carbocycles. The molecule has 0 unspecified atom stereocenters. The lowest BCUT2D eigenvalue weighted by atomic mass is 10.0. The molecule has 3 rings (SSSR count). The Labute approximate surface area is 147 Å². The molecule has 0 aliphatic heterocycles. The van der Waals surface area contributed by atoms with Crippen molar-refractivity contribution in [3.63, 3.8) is 0 Å². The molecule has 3 aromatic rings. The molecule has 24 heavy (non-hydrogen) atoms. The number of thiazole rings is 1. The average molecular weight is 362 g/mol. The molecule has 2 aromatic heterocycles. The van der Waals surface area contributed by atoms with Gasteiger partial charge in [-0.05, 0) is 49.2 Å². The van der Waals surface area contributed by atoms with Crippen molar-refractivity contribution in [3.8, 4) is 11.1 Å². The topological polar surface area (TPSA) is 54.9 Å². The zero-order valence-electron chi connectivity index (χ0n) is 12.9.